The van der Waals surface area contributed by atoms with E-state index in [2.05, 4.69) is 26.1 Å². The highest BCUT2D eigenvalue weighted by Crippen LogP contribution is 2.41. The monoisotopic (exact) mass is 440 g/mol. The minimum Gasteiger partial charge on any atom is -0.326 e. The van der Waals surface area contributed by atoms with Gasteiger partial charge in [-0.2, -0.15) is 0 Å². The van der Waals surface area contributed by atoms with E-state index in [0.717, 1.165) is 28.7 Å². The van der Waals surface area contributed by atoms with Crippen molar-refractivity contribution in [3.05, 3.63) is 47.3 Å². The Morgan fingerprint density at radius 2 is 1.97 bits per heavy atom. The van der Waals surface area contributed by atoms with Crippen molar-refractivity contribution in [2.75, 3.05) is 11.1 Å². The second kappa shape index (κ2) is 9.14. The number of hydrogen-bond acceptors (Lipinski definition) is 6. The molecule has 1 saturated carbocycles. The number of Topliss-reactive ketones (excluding diaryl/α,β-unsaturated/α-hetero) is 1. The summed E-state index contributed by atoms with van der Waals surface area (Å²) in [7, 11) is 0. The van der Waals surface area contributed by atoms with Gasteiger partial charge in [-0.3, -0.25) is 14.2 Å². The highest BCUT2D eigenvalue weighted by Gasteiger charge is 2.30. The molecule has 1 N–H and O–H groups in total. The molecule has 0 atom stereocenters. The maximum absolute atomic E-state index is 12.7. The molecule has 1 amide bonds. The number of carbonyl (C=O) groups excluding carboxylic acids is 2. The number of hydrogen-bond donors (Lipinski definition) is 1. The van der Waals surface area contributed by atoms with Crippen LogP contribution in [0, 0.1) is 5.92 Å². The highest BCUT2D eigenvalue weighted by atomic mass is 32.2. The minimum absolute atomic E-state index is 0.0133. The van der Waals surface area contributed by atoms with Gasteiger partial charge in [0.15, 0.2) is 16.8 Å². The van der Waals surface area contributed by atoms with Gasteiger partial charge in [-0.1, -0.05) is 31.7 Å². The molecule has 1 aliphatic carbocycles. The molecule has 0 unspecified atom stereocenters. The van der Waals surface area contributed by atoms with Crippen molar-refractivity contribution in [1.82, 2.24) is 14.8 Å². The van der Waals surface area contributed by atoms with E-state index in [-0.39, 0.29) is 11.7 Å². The first kappa shape index (κ1) is 20.8. The van der Waals surface area contributed by atoms with Crippen molar-refractivity contribution < 1.29 is 9.59 Å². The number of nitrogens with one attached hydrogen (secondary N) is 1. The smallest absolute Gasteiger partial charge is 0.224 e. The number of benzene rings is 1. The minimum atomic E-state index is -0.0133. The Balaban J connectivity index is 1.39. The first-order valence-electron chi connectivity index (χ1n) is 10.1. The average molecular weight is 441 g/mol. The summed E-state index contributed by atoms with van der Waals surface area (Å²) in [6, 6.07) is 11.6. The summed E-state index contributed by atoms with van der Waals surface area (Å²) in [5.74, 6) is 1.52. The molecular weight excluding hydrogens is 416 g/mol. The lowest BCUT2D eigenvalue weighted by atomic mass is 10.1. The molecule has 0 saturated heterocycles. The molecule has 156 valence electrons. The lowest BCUT2D eigenvalue weighted by Crippen LogP contribution is -2.14. The van der Waals surface area contributed by atoms with Gasteiger partial charge < -0.3 is 5.32 Å². The zero-order valence-corrected chi connectivity index (χ0v) is 18.6. The fourth-order valence-electron chi connectivity index (χ4n) is 3.15. The summed E-state index contributed by atoms with van der Waals surface area (Å²) in [5.41, 5.74) is 1.33. The number of ketones is 1. The fraction of sp³-hybridized carbons (Fsp3) is 0.364. The van der Waals surface area contributed by atoms with E-state index in [1.165, 1.54) is 11.8 Å². The van der Waals surface area contributed by atoms with Crippen molar-refractivity contribution in [3.8, 4) is 10.7 Å². The third kappa shape index (κ3) is 4.99. The maximum atomic E-state index is 12.7. The normalized spacial score (nSPS) is 13.6. The van der Waals surface area contributed by atoms with E-state index in [1.807, 2.05) is 25.3 Å². The maximum Gasteiger partial charge on any atom is 0.224 e. The fourth-order valence-corrected chi connectivity index (χ4v) is 4.75. The predicted molar refractivity (Wildman–Crippen MR) is 121 cm³/mol. The SMILES string of the molecule is CC(C)CC(=O)Nc1ccc(C(=O)CSc2nnc(-c3cccs3)n2C2CC2)cc1. The Morgan fingerprint density at radius 3 is 2.60 bits per heavy atom. The average Bonchev–Trinajstić information content (AvgIpc) is 3.23. The summed E-state index contributed by atoms with van der Waals surface area (Å²) in [4.78, 5) is 25.6. The van der Waals surface area contributed by atoms with Crippen molar-refractivity contribution in [3.63, 3.8) is 0 Å². The molecule has 0 bridgehead atoms. The van der Waals surface area contributed by atoms with Crippen LogP contribution in [0.3, 0.4) is 0 Å². The Morgan fingerprint density at radius 1 is 1.20 bits per heavy atom. The molecule has 2 aromatic heterocycles. The molecule has 30 heavy (non-hydrogen) atoms. The van der Waals surface area contributed by atoms with Crippen molar-refractivity contribution in [2.24, 2.45) is 5.92 Å². The van der Waals surface area contributed by atoms with Crippen LogP contribution in [0.1, 0.15) is 49.5 Å². The van der Waals surface area contributed by atoms with Gasteiger partial charge >= 0.3 is 0 Å². The molecule has 0 aliphatic heterocycles. The predicted octanol–water partition coefficient (Wildman–Crippen LogP) is 5.30. The van der Waals surface area contributed by atoms with E-state index in [1.54, 1.807) is 35.6 Å². The third-order valence-corrected chi connectivity index (χ3v) is 6.54. The van der Waals surface area contributed by atoms with Gasteiger partial charge in [0.2, 0.25) is 5.91 Å². The number of nitrogens with zero attached hydrogens (tertiary/aromatic N) is 3. The van der Waals surface area contributed by atoms with E-state index in [4.69, 9.17) is 0 Å². The molecule has 6 nitrogen and oxygen atoms in total. The van der Waals surface area contributed by atoms with Gasteiger partial charge in [-0.15, -0.1) is 21.5 Å². The lowest BCUT2D eigenvalue weighted by molar-refractivity contribution is -0.116. The first-order chi connectivity index (χ1) is 14.5. The molecule has 8 heteroatoms. The van der Waals surface area contributed by atoms with E-state index in [0.29, 0.717) is 35.4 Å². The summed E-state index contributed by atoms with van der Waals surface area (Å²) >= 11 is 3.08. The van der Waals surface area contributed by atoms with Crippen LogP contribution in [0.25, 0.3) is 10.7 Å². The molecule has 2 heterocycles. The largest absolute Gasteiger partial charge is 0.326 e. The van der Waals surface area contributed by atoms with E-state index >= 15 is 0 Å². The van der Waals surface area contributed by atoms with Crippen molar-refractivity contribution in [1.29, 1.82) is 0 Å². The Kier molecular flexibility index (Phi) is 6.34. The third-order valence-electron chi connectivity index (χ3n) is 4.73. The Bertz CT molecular complexity index is 1020. The van der Waals surface area contributed by atoms with Crippen LogP contribution in [-0.4, -0.2) is 32.2 Å². The quantitative estimate of drug-likeness (QED) is 0.361. The lowest BCUT2D eigenvalue weighted by Gasteiger charge is -2.09. The van der Waals surface area contributed by atoms with Crippen LogP contribution in [-0.2, 0) is 4.79 Å². The van der Waals surface area contributed by atoms with Crippen LogP contribution in [0.15, 0.2) is 46.9 Å². The molecule has 0 radical (unpaired) electrons. The van der Waals surface area contributed by atoms with Crippen LogP contribution < -0.4 is 5.32 Å². The van der Waals surface area contributed by atoms with Crippen molar-refractivity contribution in [2.45, 2.75) is 44.3 Å². The summed E-state index contributed by atoms with van der Waals surface area (Å²) < 4.78 is 2.18. The Labute approximate surface area is 184 Å². The van der Waals surface area contributed by atoms with Gasteiger partial charge in [0.1, 0.15) is 0 Å². The number of thiophene rings is 1. The second-order valence-corrected chi connectivity index (χ2v) is 9.71. The highest BCUT2D eigenvalue weighted by molar-refractivity contribution is 7.99. The standard InChI is InChI=1S/C22H24N4O2S2/c1-14(2)12-20(28)23-16-7-5-15(6-8-16)18(27)13-30-22-25-24-21(19-4-3-11-29-19)26(22)17-9-10-17/h3-8,11,14,17H,9-10,12-13H2,1-2H3,(H,23,28). The molecule has 1 aromatic carbocycles. The summed E-state index contributed by atoms with van der Waals surface area (Å²) in [6.07, 6.45) is 2.73. The van der Waals surface area contributed by atoms with Crippen LogP contribution in [0.5, 0.6) is 0 Å². The second-order valence-electron chi connectivity index (χ2n) is 7.82. The van der Waals surface area contributed by atoms with Gasteiger partial charge in [0.25, 0.3) is 0 Å². The number of amides is 1. The zero-order valence-electron chi connectivity index (χ0n) is 17.0. The van der Waals surface area contributed by atoms with E-state index < -0.39 is 0 Å². The molecule has 4 rings (SSSR count). The van der Waals surface area contributed by atoms with Crippen LogP contribution in [0.4, 0.5) is 5.69 Å². The molecule has 1 aliphatic rings. The number of rotatable bonds is 9. The zero-order chi connectivity index (χ0) is 21.1. The van der Waals surface area contributed by atoms with Crippen molar-refractivity contribution >= 4 is 40.5 Å². The number of anilines is 1. The van der Waals surface area contributed by atoms with Gasteiger partial charge in [0.05, 0.1) is 10.6 Å². The van der Waals surface area contributed by atoms with Gasteiger partial charge in [-0.05, 0) is 54.5 Å². The van der Waals surface area contributed by atoms with E-state index in [9.17, 15) is 9.59 Å². The first-order valence-corrected chi connectivity index (χ1v) is 11.9. The topological polar surface area (TPSA) is 76.9 Å². The molecular formula is C22H24N4O2S2. The van der Waals surface area contributed by atoms with Crippen LogP contribution in [0.2, 0.25) is 0 Å². The number of aromatic nitrogens is 3. The Hall–Kier alpha value is -2.45. The molecule has 0 spiro atoms. The molecule has 1 fully saturated rings. The van der Waals surface area contributed by atoms with Crippen LogP contribution >= 0.6 is 23.1 Å². The summed E-state index contributed by atoms with van der Waals surface area (Å²) in [5, 5.41) is 14.4. The number of carbonyl (C=O) groups is 2. The molecule has 3 aromatic rings. The van der Waals surface area contributed by atoms with Gasteiger partial charge in [0, 0.05) is 23.7 Å². The number of thioether (sulfide) groups is 1. The van der Waals surface area contributed by atoms with Gasteiger partial charge in [-0.25, -0.2) is 0 Å². The summed E-state index contributed by atoms with van der Waals surface area (Å²) in [6.45, 7) is 4.01.